The second-order valence-corrected chi connectivity index (χ2v) is 7.94. The number of amides is 1. The van der Waals surface area contributed by atoms with Gasteiger partial charge < -0.3 is 4.90 Å². The predicted octanol–water partition coefficient (Wildman–Crippen LogP) is 2.48. The molecule has 0 saturated carbocycles. The largest absolute Gasteiger partial charge is 0.338 e. The lowest BCUT2D eigenvalue weighted by Crippen LogP contribution is -2.50. The van der Waals surface area contributed by atoms with Gasteiger partial charge in [-0.2, -0.15) is 5.26 Å². The fourth-order valence-corrected chi connectivity index (χ4v) is 4.16. The van der Waals surface area contributed by atoms with Crippen LogP contribution in [0.5, 0.6) is 0 Å². The molecule has 0 aliphatic carbocycles. The lowest BCUT2D eigenvalue weighted by Gasteiger charge is -2.36. The SMILES string of the molecule is Cc1nc2ccccc2c(=O)n1[C@@H](C)C(=O)N1CCN(Cc2ccc(C#N)cc2)CC1. The van der Waals surface area contributed by atoms with E-state index >= 15 is 0 Å². The van der Waals surface area contributed by atoms with E-state index in [2.05, 4.69) is 16.0 Å². The number of carbonyl (C=O) groups excluding carboxylic acids is 1. The van der Waals surface area contributed by atoms with E-state index in [0.717, 1.165) is 25.2 Å². The standard InChI is InChI=1S/C24H25N5O2/c1-17(29-18(2)26-22-6-4-3-5-21(22)24(29)31)23(30)28-13-11-27(12-14-28)16-20-9-7-19(15-25)8-10-20/h3-10,17H,11-14,16H2,1-2H3/t17-/m0/s1. The highest BCUT2D eigenvalue weighted by Gasteiger charge is 2.27. The van der Waals surface area contributed by atoms with Crippen LogP contribution >= 0.6 is 0 Å². The Morgan fingerprint density at radius 3 is 2.45 bits per heavy atom. The topological polar surface area (TPSA) is 82.2 Å². The number of nitrogens with zero attached hydrogens (tertiary/aromatic N) is 5. The molecule has 2 heterocycles. The van der Waals surface area contributed by atoms with Gasteiger partial charge >= 0.3 is 0 Å². The Morgan fingerprint density at radius 2 is 1.77 bits per heavy atom. The van der Waals surface area contributed by atoms with Crippen LogP contribution in [0.4, 0.5) is 0 Å². The summed E-state index contributed by atoms with van der Waals surface area (Å²) in [5, 5.41) is 9.45. The quantitative estimate of drug-likeness (QED) is 0.654. The average molecular weight is 415 g/mol. The summed E-state index contributed by atoms with van der Waals surface area (Å²) in [6.45, 7) is 7.10. The Kier molecular flexibility index (Phi) is 5.83. The first kappa shape index (κ1) is 20.8. The fraction of sp³-hybridized carbons (Fsp3) is 0.333. The molecule has 1 aliphatic rings. The van der Waals surface area contributed by atoms with Crippen LogP contribution in [0.25, 0.3) is 10.9 Å². The zero-order valence-electron chi connectivity index (χ0n) is 17.8. The minimum absolute atomic E-state index is 0.0553. The molecule has 1 aromatic heterocycles. The van der Waals surface area contributed by atoms with Gasteiger partial charge in [0, 0.05) is 32.7 Å². The summed E-state index contributed by atoms with van der Waals surface area (Å²) >= 11 is 0. The second kappa shape index (κ2) is 8.70. The molecule has 1 saturated heterocycles. The Bertz CT molecular complexity index is 1200. The van der Waals surface area contributed by atoms with Crippen molar-refractivity contribution in [1.29, 1.82) is 5.26 Å². The van der Waals surface area contributed by atoms with Crippen molar-refractivity contribution in [3.8, 4) is 6.07 Å². The van der Waals surface area contributed by atoms with E-state index in [0.29, 0.717) is 35.4 Å². The Hall–Kier alpha value is -3.50. The number of rotatable bonds is 4. The molecule has 0 N–H and O–H groups in total. The van der Waals surface area contributed by atoms with Crippen LogP contribution in [0.1, 0.15) is 29.9 Å². The highest BCUT2D eigenvalue weighted by molar-refractivity contribution is 5.82. The number of benzene rings is 2. The molecule has 1 atom stereocenters. The minimum atomic E-state index is -0.602. The number of nitriles is 1. The molecule has 0 spiro atoms. The molecule has 0 unspecified atom stereocenters. The van der Waals surface area contributed by atoms with E-state index in [1.165, 1.54) is 4.57 Å². The van der Waals surface area contributed by atoms with Crippen LogP contribution in [-0.2, 0) is 11.3 Å². The third-order valence-electron chi connectivity index (χ3n) is 5.90. The third kappa shape index (κ3) is 4.21. The summed E-state index contributed by atoms with van der Waals surface area (Å²) in [5.74, 6) is 0.490. The van der Waals surface area contributed by atoms with Crippen molar-refractivity contribution in [1.82, 2.24) is 19.4 Å². The Labute approximate surface area is 181 Å². The molecule has 0 radical (unpaired) electrons. The van der Waals surface area contributed by atoms with Gasteiger partial charge in [-0.25, -0.2) is 4.98 Å². The van der Waals surface area contributed by atoms with E-state index in [1.54, 1.807) is 19.9 Å². The maximum absolute atomic E-state index is 13.2. The number of carbonyl (C=O) groups is 1. The number of piperazine rings is 1. The normalized spacial score (nSPS) is 15.6. The van der Waals surface area contributed by atoms with Crippen molar-refractivity contribution in [2.24, 2.45) is 0 Å². The zero-order chi connectivity index (χ0) is 22.0. The van der Waals surface area contributed by atoms with Gasteiger partial charge in [0.15, 0.2) is 0 Å². The van der Waals surface area contributed by atoms with Crippen LogP contribution < -0.4 is 5.56 Å². The molecule has 7 heteroatoms. The molecular formula is C24H25N5O2. The maximum Gasteiger partial charge on any atom is 0.262 e. The van der Waals surface area contributed by atoms with Crippen LogP contribution in [0.3, 0.4) is 0 Å². The van der Waals surface area contributed by atoms with E-state index < -0.39 is 6.04 Å². The first-order valence-corrected chi connectivity index (χ1v) is 10.5. The molecule has 1 aliphatic heterocycles. The van der Waals surface area contributed by atoms with Crippen LogP contribution in [0, 0.1) is 18.3 Å². The molecule has 7 nitrogen and oxygen atoms in total. The maximum atomic E-state index is 13.2. The summed E-state index contributed by atoms with van der Waals surface area (Å²) in [7, 11) is 0. The first-order valence-electron chi connectivity index (χ1n) is 10.5. The van der Waals surface area contributed by atoms with Crippen molar-refractivity contribution in [2.45, 2.75) is 26.4 Å². The number of hydrogen-bond donors (Lipinski definition) is 0. The minimum Gasteiger partial charge on any atom is -0.338 e. The van der Waals surface area contributed by atoms with Crippen molar-refractivity contribution in [3.05, 3.63) is 75.8 Å². The molecule has 3 aromatic rings. The Morgan fingerprint density at radius 1 is 1.10 bits per heavy atom. The molecule has 1 fully saturated rings. The van der Waals surface area contributed by atoms with Gasteiger partial charge in [-0.1, -0.05) is 24.3 Å². The number of para-hydroxylation sites is 1. The van der Waals surface area contributed by atoms with Gasteiger partial charge in [0.05, 0.1) is 22.5 Å². The molecule has 158 valence electrons. The summed E-state index contributed by atoms with van der Waals surface area (Å²) in [6.07, 6.45) is 0. The van der Waals surface area contributed by atoms with Crippen LogP contribution in [0.15, 0.2) is 53.3 Å². The molecule has 31 heavy (non-hydrogen) atoms. The van der Waals surface area contributed by atoms with Crippen LogP contribution in [0.2, 0.25) is 0 Å². The molecular weight excluding hydrogens is 390 g/mol. The molecule has 0 bridgehead atoms. The van der Waals surface area contributed by atoms with Crippen molar-refractivity contribution in [2.75, 3.05) is 26.2 Å². The van der Waals surface area contributed by atoms with E-state index in [1.807, 2.05) is 47.4 Å². The monoisotopic (exact) mass is 415 g/mol. The lowest BCUT2D eigenvalue weighted by atomic mass is 10.1. The first-order chi connectivity index (χ1) is 15.0. The van der Waals surface area contributed by atoms with Crippen molar-refractivity contribution < 1.29 is 4.79 Å². The number of aromatic nitrogens is 2. The molecule has 2 aromatic carbocycles. The number of aryl methyl sites for hydroxylation is 1. The Balaban J connectivity index is 1.43. The summed E-state index contributed by atoms with van der Waals surface area (Å²) in [5.41, 5.74) is 2.28. The summed E-state index contributed by atoms with van der Waals surface area (Å²) in [4.78, 5) is 34.8. The highest BCUT2D eigenvalue weighted by Crippen LogP contribution is 2.16. The molecule has 1 amide bonds. The third-order valence-corrected chi connectivity index (χ3v) is 5.90. The van der Waals surface area contributed by atoms with Gasteiger partial charge in [-0.3, -0.25) is 19.1 Å². The van der Waals surface area contributed by atoms with E-state index in [4.69, 9.17) is 5.26 Å². The van der Waals surface area contributed by atoms with Crippen molar-refractivity contribution >= 4 is 16.8 Å². The average Bonchev–Trinajstić information content (AvgIpc) is 2.79. The second-order valence-electron chi connectivity index (χ2n) is 7.94. The van der Waals surface area contributed by atoms with Gasteiger partial charge in [0.2, 0.25) is 5.91 Å². The van der Waals surface area contributed by atoms with E-state index in [-0.39, 0.29) is 11.5 Å². The summed E-state index contributed by atoms with van der Waals surface area (Å²) in [6, 6.07) is 16.4. The zero-order valence-corrected chi connectivity index (χ0v) is 17.8. The van der Waals surface area contributed by atoms with Gasteiger partial charge in [0.25, 0.3) is 5.56 Å². The van der Waals surface area contributed by atoms with Gasteiger partial charge in [0.1, 0.15) is 11.9 Å². The predicted molar refractivity (Wildman–Crippen MR) is 118 cm³/mol. The smallest absolute Gasteiger partial charge is 0.262 e. The van der Waals surface area contributed by atoms with Crippen LogP contribution in [-0.4, -0.2) is 51.4 Å². The molecule has 4 rings (SSSR count). The number of hydrogen-bond acceptors (Lipinski definition) is 5. The van der Waals surface area contributed by atoms with Gasteiger partial charge in [-0.05, 0) is 43.7 Å². The highest BCUT2D eigenvalue weighted by atomic mass is 16.2. The number of fused-ring (bicyclic) bond motifs is 1. The lowest BCUT2D eigenvalue weighted by molar-refractivity contribution is -0.136. The van der Waals surface area contributed by atoms with Crippen molar-refractivity contribution in [3.63, 3.8) is 0 Å². The van der Waals surface area contributed by atoms with Gasteiger partial charge in [-0.15, -0.1) is 0 Å². The fourth-order valence-electron chi connectivity index (χ4n) is 4.16. The summed E-state index contributed by atoms with van der Waals surface area (Å²) < 4.78 is 1.51. The van der Waals surface area contributed by atoms with E-state index in [9.17, 15) is 9.59 Å².